The minimum atomic E-state index is -0.134. The molecule has 1 heterocycles. The zero-order valence-corrected chi connectivity index (χ0v) is 14.4. The number of morpholine rings is 1. The number of ether oxygens (including phenoxy) is 2. The van der Waals surface area contributed by atoms with Crippen molar-refractivity contribution in [2.24, 2.45) is 5.92 Å². The van der Waals surface area contributed by atoms with Crippen LogP contribution in [0.3, 0.4) is 0 Å². The highest BCUT2D eigenvalue weighted by atomic mass is 16.5. The van der Waals surface area contributed by atoms with Crippen LogP contribution in [0.1, 0.15) is 25.3 Å². The van der Waals surface area contributed by atoms with Crippen LogP contribution in [0.5, 0.6) is 5.75 Å². The summed E-state index contributed by atoms with van der Waals surface area (Å²) < 4.78 is 10.5. The third kappa shape index (κ3) is 5.22. The molecular formula is C18H28N2O3. The predicted molar refractivity (Wildman–Crippen MR) is 90.8 cm³/mol. The number of carbonyl (C=O) groups excluding carboxylic acids is 1. The lowest BCUT2D eigenvalue weighted by Gasteiger charge is -2.27. The van der Waals surface area contributed by atoms with Crippen LogP contribution in [-0.4, -0.2) is 57.3 Å². The molecule has 5 heteroatoms. The first-order chi connectivity index (χ1) is 11.1. The molecule has 0 spiro atoms. The first-order valence-electron chi connectivity index (χ1n) is 8.33. The molecule has 1 amide bonds. The fourth-order valence-electron chi connectivity index (χ4n) is 2.92. The second-order valence-electron chi connectivity index (χ2n) is 6.24. The van der Waals surface area contributed by atoms with Gasteiger partial charge < -0.3 is 14.8 Å². The Morgan fingerprint density at radius 1 is 1.26 bits per heavy atom. The summed E-state index contributed by atoms with van der Waals surface area (Å²) in [6.07, 6.45) is 0. The normalized spacial score (nSPS) is 17.0. The van der Waals surface area contributed by atoms with E-state index in [1.54, 1.807) is 7.11 Å². The fraction of sp³-hybridized carbons (Fsp3) is 0.611. The van der Waals surface area contributed by atoms with Crippen molar-refractivity contribution in [1.29, 1.82) is 0 Å². The molecule has 0 saturated carbocycles. The Balaban J connectivity index is 1.89. The van der Waals surface area contributed by atoms with Gasteiger partial charge in [0.15, 0.2) is 0 Å². The van der Waals surface area contributed by atoms with Crippen molar-refractivity contribution in [3.05, 3.63) is 29.8 Å². The molecule has 5 nitrogen and oxygen atoms in total. The zero-order valence-electron chi connectivity index (χ0n) is 14.4. The minimum absolute atomic E-state index is 0.0958. The molecule has 0 aromatic heterocycles. The third-order valence-electron chi connectivity index (χ3n) is 4.26. The molecule has 1 unspecified atom stereocenters. The lowest BCUT2D eigenvalue weighted by Crippen LogP contribution is -2.42. The van der Waals surface area contributed by atoms with Gasteiger partial charge in [-0.05, 0) is 23.6 Å². The number of hydrogen-bond acceptors (Lipinski definition) is 4. The van der Waals surface area contributed by atoms with Gasteiger partial charge in [0.05, 0.1) is 26.2 Å². The van der Waals surface area contributed by atoms with E-state index in [-0.39, 0.29) is 17.7 Å². The number of nitrogens with one attached hydrogen (secondary N) is 1. The smallest absolute Gasteiger partial charge is 0.227 e. The van der Waals surface area contributed by atoms with Gasteiger partial charge in [0.2, 0.25) is 5.91 Å². The van der Waals surface area contributed by atoms with E-state index in [9.17, 15) is 4.79 Å². The van der Waals surface area contributed by atoms with Crippen molar-refractivity contribution >= 4 is 5.91 Å². The molecule has 1 atom stereocenters. The molecule has 1 aliphatic rings. The zero-order chi connectivity index (χ0) is 16.7. The molecule has 1 N–H and O–H groups in total. The summed E-state index contributed by atoms with van der Waals surface area (Å²) in [4.78, 5) is 14.9. The number of carbonyl (C=O) groups is 1. The molecule has 0 radical (unpaired) electrons. The Labute approximate surface area is 139 Å². The highest BCUT2D eigenvalue weighted by Crippen LogP contribution is 2.26. The lowest BCUT2D eigenvalue weighted by atomic mass is 9.87. The van der Waals surface area contributed by atoms with Crippen LogP contribution >= 0.6 is 0 Å². The maximum Gasteiger partial charge on any atom is 0.227 e. The SMILES string of the molecule is COc1ccc(C(C(=O)NCCN2CCOCC2)C(C)C)cc1. The summed E-state index contributed by atoms with van der Waals surface area (Å²) >= 11 is 0. The summed E-state index contributed by atoms with van der Waals surface area (Å²) in [7, 11) is 1.65. The molecule has 1 aliphatic heterocycles. The Morgan fingerprint density at radius 3 is 2.48 bits per heavy atom. The van der Waals surface area contributed by atoms with Gasteiger partial charge in [-0.2, -0.15) is 0 Å². The number of methoxy groups -OCH3 is 1. The highest BCUT2D eigenvalue weighted by Gasteiger charge is 2.24. The Kier molecular flexibility index (Phi) is 6.86. The van der Waals surface area contributed by atoms with Gasteiger partial charge in [-0.25, -0.2) is 0 Å². The quantitative estimate of drug-likeness (QED) is 0.833. The molecule has 23 heavy (non-hydrogen) atoms. The van der Waals surface area contributed by atoms with Crippen molar-refractivity contribution in [1.82, 2.24) is 10.2 Å². The number of amides is 1. The van der Waals surface area contributed by atoms with Crippen LogP contribution in [0.15, 0.2) is 24.3 Å². The van der Waals surface area contributed by atoms with E-state index in [4.69, 9.17) is 9.47 Å². The van der Waals surface area contributed by atoms with Gasteiger partial charge in [0.1, 0.15) is 5.75 Å². The van der Waals surface area contributed by atoms with Crippen molar-refractivity contribution < 1.29 is 14.3 Å². The monoisotopic (exact) mass is 320 g/mol. The summed E-state index contributed by atoms with van der Waals surface area (Å²) in [5, 5.41) is 3.09. The third-order valence-corrected chi connectivity index (χ3v) is 4.26. The first-order valence-corrected chi connectivity index (χ1v) is 8.33. The van der Waals surface area contributed by atoms with Gasteiger partial charge in [0.25, 0.3) is 0 Å². The highest BCUT2D eigenvalue weighted by molar-refractivity contribution is 5.83. The van der Waals surface area contributed by atoms with Crippen molar-refractivity contribution in [2.45, 2.75) is 19.8 Å². The largest absolute Gasteiger partial charge is 0.497 e. The van der Waals surface area contributed by atoms with Gasteiger partial charge >= 0.3 is 0 Å². The average Bonchev–Trinajstić information content (AvgIpc) is 2.56. The fourth-order valence-corrected chi connectivity index (χ4v) is 2.92. The maximum atomic E-state index is 12.6. The Bertz CT molecular complexity index is 482. The molecule has 0 bridgehead atoms. The second kappa shape index (κ2) is 8.89. The summed E-state index contributed by atoms with van der Waals surface area (Å²) in [5.74, 6) is 1.01. The average molecular weight is 320 g/mol. The molecule has 1 aromatic carbocycles. The van der Waals surface area contributed by atoms with Crippen LogP contribution in [0.25, 0.3) is 0 Å². The first kappa shape index (κ1) is 17.8. The van der Waals surface area contributed by atoms with E-state index in [0.29, 0.717) is 6.54 Å². The van der Waals surface area contributed by atoms with Gasteiger partial charge in [-0.15, -0.1) is 0 Å². The van der Waals surface area contributed by atoms with E-state index < -0.39 is 0 Å². The summed E-state index contributed by atoms with van der Waals surface area (Å²) in [5.41, 5.74) is 1.03. The number of nitrogens with zero attached hydrogens (tertiary/aromatic N) is 1. The van der Waals surface area contributed by atoms with Crippen molar-refractivity contribution in [2.75, 3.05) is 46.5 Å². The van der Waals surface area contributed by atoms with Gasteiger partial charge in [-0.3, -0.25) is 9.69 Å². The van der Waals surface area contributed by atoms with Crippen molar-refractivity contribution in [3.8, 4) is 5.75 Å². The summed E-state index contributed by atoms with van der Waals surface area (Å²) in [6, 6.07) is 7.77. The van der Waals surface area contributed by atoms with E-state index in [0.717, 1.165) is 44.2 Å². The minimum Gasteiger partial charge on any atom is -0.497 e. The van der Waals surface area contributed by atoms with Crippen LogP contribution in [-0.2, 0) is 9.53 Å². The molecule has 1 aromatic rings. The Morgan fingerprint density at radius 2 is 1.91 bits per heavy atom. The lowest BCUT2D eigenvalue weighted by molar-refractivity contribution is -0.123. The molecule has 1 saturated heterocycles. The van der Waals surface area contributed by atoms with Gasteiger partial charge in [0, 0.05) is 26.2 Å². The predicted octanol–water partition coefficient (Wildman–Crippen LogP) is 1.88. The molecule has 128 valence electrons. The van der Waals surface area contributed by atoms with Gasteiger partial charge in [-0.1, -0.05) is 26.0 Å². The van der Waals surface area contributed by atoms with Crippen LogP contribution in [0.2, 0.25) is 0 Å². The van der Waals surface area contributed by atoms with E-state index in [1.807, 2.05) is 24.3 Å². The van der Waals surface area contributed by atoms with Crippen LogP contribution in [0.4, 0.5) is 0 Å². The maximum absolute atomic E-state index is 12.6. The van der Waals surface area contributed by atoms with E-state index >= 15 is 0 Å². The van der Waals surface area contributed by atoms with Crippen molar-refractivity contribution in [3.63, 3.8) is 0 Å². The number of hydrogen-bond donors (Lipinski definition) is 1. The molecular weight excluding hydrogens is 292 g/mol. The molecule has 2 rings (SSSR count). The van der Waals surface area contributed by atoms with Crippen LogP contribution in [0, 0.1) is 5.92 Å². The van der Waals surface area contributed by atoms with Crippen LogP contribution < -0.4 is 10.1 Å². The number of rotatable bonds is 7. The standard InChI is InChI=1S/C18H28N2O3/c1-14(2)17(15-4-6-16(22-3)7-5-15)18(21)19-8-9-20-10-12-23-13-11-20/h4-7,14,17H,8-13H2,1-3H3,(H,19,21). The second-order valence-corrected chi connectivity index (χ2v) is 6.24. The molecule has 0 aliphatic carbocycles. The summed E-state index contributed by atoms with van der Waals surface area (Å²) in [6.45, 7) is 9.18. The molecule has 1 fully saturated rings. The van der Waals surface area contributed by atoms with E-state index in [2.05, 4.69) is 24.1 Å². The number of benzene rings is 1. The Hall–Kier alpha value is -1.59. The topological polar surface area (TPSA) is 50.8 Å². The van der Waals surface area contributed by atoms with E-state index in [1.165, 1.54) is 0 Å².